The summed E-state index contributed by atoms with van der Waals surface area (Å²) < 4.78 is 5.79. The Morgan fingerprint density at radius 2 is 1.61 bits per heavy atom. The second-order valence-electron chi connectivity index (χ2n) is 7.56. The molecule has 0 fully saturated rings. The Kier molecular flexibility index (Phi) is 5.94. The summed E-state index contributed by atoms with van der Waals surface area (Å²) in [6.07, 6.45) is 1.64. The maximum Gasteiger partial charge on any atom is 0.229 e. The van der Waals surface area contributed by atoms with E-state index in [2.05, 4.69) is 15.6 Å². The number of hydrogen-bond donors (Lipinski definition) is 2. The largest absolute Gasteiger partial charge is 0.489 e. The van der Waals surface area contributed by atoms with Crippen LogP contribution >= 0.6 is 0 Å². The summed E-state index contributed by atoms with van der Waals surface area (Å²) in [5.41, 5.74) is 2.27. The van der Waals surface area contributed by atoms with Crippen molar-refractivity contribution in [3.05, 3.63) is 78.5 Å². The topological polar surface area (TPSA) is 63.2 Å². The lowest BCUT2D eigenvalue weighted by molar-refractivity contribution is -0.123. The molecule has 0 atom stereocenters. The molecule has 0 saturated carbocycles. The third-order valence-electron chi connectivity index (χ3n) is 4.08. The van der Waals surface area contributed by atoms with Gasteiger partial charge in [-0.05, 0) is 42.0 Å². The molecule has 0 aliphatic carbocycles. The van der Waals surface area contributed by atoms with Gasteiger partial charge in [-0.2, -0.15) is 0 Å². The zero-order valence-electron chi connectivity index (χ0n) is 16.4. The van der Waals surface area contributed by atoms with E-state index in [0.717, 1.165) is 17.0 Å². The highest BCUT2D eigenvalue weighted by atomic mass is 16.5. The van der Waals surface area contributed by atoms with Crippen molar-refractivity contribution < 1.29 is 9.53 Å². The quantitative estimate of drug-likeness (QED) is 0.606. The highest BCUT2D eigenvalue weighted by molar-refractivity contribution is 5.94. The number of anilines is 3. The average molecular weight is 375 g/mol. The minimum Gasteiger partial charge on any atom is -0.489 e. The van der Waals surface area contributed by atoms with Crippen molar-refractivity contribution in [3.8, 4) is 5.75 Å². The van der Waals surface area contributed by atoms with Gasteiger partial charge in [-0.25, -0.2) is 4.98 Å². The van der Waals surface area contributed by atoms with Crippen LogP contribution in [0.25, 0.3) is 0 Å². The van der Waals surface area contributed by atoms with Gasteiger partial charge in [-0.1, -0.05) is 51.1 Å². The molecule has 3 aromatic rings. The molecule has 2 N–H and O–H groups in total. The predicted molar refractivity (Wildman–Crippen MR) is 113 cm³/mol. The normalized spacial score (nSPS) is 11.0. The summed E-state index contributed by atoms with van der Waals surface area (Å²) in [5, 5.41) is 6.10. The summed E-state index contributed by atoms with van der Waals surface area (Å²) >= 11 is 0. The molecular formula is C23H25N3O2. The van der Waals surface area contributed by atoms with Crippen LogP contribution in [0.2, 0.25) is 0 Å². The lowest BCUT2D eigenvalue weighted by Gasteiger charge is -2.17. The Morgan fingerprint density at radius 3 is 2.21 bits per heavy atom. The van der Waals surface area contributed by atoms with E-state index in [-0.39, 0.29) is 5.91 Å². The molecule has 5 nitrogen and oxygen atoms in total. The fourth-order valence-corrected chi connectivity index (χ4v) is 2.38. The van der Waals surface area contributed by atoms with Crippen LogP contribution < -0.4 is 15.4 Å². The van der Waals surface area contributed by atoms with E-state index in [1.807, 2.05) is 87.5 Å². The molecular weight excluding hydrogens is 350 g/mol. The van der Waals surface area contributed by atoms with Crippen molar-refractivity contribution in [2.75, 3.05) is 10.6 Å². The maximum atomic E-state index is 12.0. The van der Waals surface area contributed by atoms with Crippen LogP contribution in [0.4, 0.5) is 17.2 Å². The predicted octanol–water partition coefficient (Wildman–Crippen LogP) is 5.39. The minimum atomic E-state index is -0.443. The monoisotopic (exact) mass is 375 g/mol. The maximum absolute atomic E-state index is 12.0. The van der Waals surface area contributed by atoms with E-state index < -0.39 is 5.41 Å². The number of amides is 1. The number of carbonyl (C=O) groups is 1. The molecule has 1 aromatic heterocycles. The first kappa shape index (κ1) is 19.4. The van der Waals surface area contributed by atoms with Gasteiger partial charge in [0, 0.05) is 11.1 Å². The smallest absolute Gasteiger partial charge is 0.229 e. The van der Waals surface area contributed by atoms with Crippen LogP contribution in [-0.4, -0.2) is 10.9 Å². The Hall–Kier alpha value is -3.34. The molecule has 0 aliphatic rings. The van der Waals surface area contributed by atoms with Gasteiger partial charge in [0.15, 0.2) is 0 Å². The first-order chi connectivity index (χ1) is 13.4. The third kappa shape index (κ3) is 5.58. The second-order valence-corrected chi connectivity index (χ2v) is 7.56. The lowest BCUT2D eigenvalue weighted by Crippen LogP contribution is -2.27. The van der Waals surface area contributed by atoms with Gasteiger partial charge in [-0.15, -0.1) is 0 Å². The van der Waals surface area contributed by atoms with Crippen LogP contribution in [0.15, 0.2) is 72.9 Å². The molecule has 0 spiro atoms. The van der Waals surface area contributed by atoms with Gasteiger partial charge >= 0.3 is 0 Å². The molecule has 5 heteroatoms. The standard InChI is InChI=1S/C23H25N3O2/c1-23(2,3)22(27)26-19-11-14-21(24-15-19)25-18-9-12-20(13-10-18)28-16-17-7-5-4-6-8-17/h4-15H,16H2,1-3H3,(H,24,25)(H,26,27). The molecule has 0 saturated heterocycles. The van der Waals surface area contributed by atoms with Crippen molar-refractivity contribution in [3.63, 3.8) is 0 Å². The summed E-state index contributed by atoms with van der Waals surface area (Å²) in [7, 11) is 0. The fourth-order valence-electron chi connectivity index (χ4n) is 2.38. The minimum absolute atomic E-state index is 0.0406. The van der Waals surface area contributed by atoms with Crippen LogP contribution in [0.3, 0.4) is 0 Å². The van der Waals surface area contributed by atoms with E-state index in [9.17, 15) is 4.79 Å². The van der Waals surface area contributed by atoms with Crippen molar-refractivity contribution in [2.24, 2.45) is 5.41 Å². The van der Waals surface area contributed by atoms with Crippen molar-refractivity contribution >= 4 is 23.1 Å². The van der Waals surface area contributed by atoms with Crippen LogP contribution in [0.1, 0.15) is 26.3 Å². The molecule has 1 amide bonds. The Bertz CT molecular complexity index is 899. The Labute approximate surface area is 165 Å². The molecule has 0 aliphatic heterocycles. The molecule has 144 valence electrons. The number of nitrogens with zero attached hydrogens (tertiary/aromatic N) is 1. The Balaban J connectivity index is 1.54. The molecule has 2 aromatic carbocycles. The number of hydrogen-bond acceptors (Lipinski definition) is 4. The van der Waals surface area contributed by atoms with E-state index in [0.29, 0.717) is 18.1 Å². The number of ether oxygens (including phenoxy) is 1. The van der Waals surface area contributed by atoms with Crippen LogP contribution in [0.5, 0.6) is 5.75 Å². The number of benzene rings is 2. The van der Waals surface area contributed by atoms with Gasteiger partial charge in [0.05, 0.1) is 11.9 Å². The number of carbonyl (C=O) groups excluding carboxylic acids is 1. The zero-order valence-corrected chi connectivity index (χ0v) is 16.4. The molecule has 0 unspecified atom stereocenters. The van der Waals surface area contributed by atoms with E-state index in [1.54, 1.807) is 6.20 Å². The lowest BCUT2D eigenvalue weighted by atomic mass is 9.96. The highest BCUT2D eigenvalue weighted by Crippen LogP contribution is 2.21. The number of rotatable bonds is 6. The summed E-state index contributed by atoms with van der Waals surface area (Å²) in [6, 6.07) is 21.4. The van der Waals surface area contributed by atoms with Crippen molar-refractivity contribution in [1.82, 2.24) is 4.98 Å². The number of aromatic nitrogens is 1. The first-order valence-electron chi connectivity index (χ1n) is 9.21. The van der Waals surface area contributed by atoms with Gasteiger partial charge in [0.1, 0.15) is 18.2 Å². The molecule has 1 heterocycles. The molecule has 28 heavy (non-hydrogen) atoms. The summed E-state index contributed by atoms with van der Waals surface area (Å²) in [6.45, 7) is 6.16. The number of pyridine rings is 1. The van der Waals surface area contributed by atoms with Crippen LogP contribution in [-0.2, 0) is 11.4 Å². The van der Waals surface area contributed by atoms with Gasteiger partial charge in [0.2, 0.25) is 5.91 Å². The second kappa shape index (κ2) is 8.57. The van der Waals surface area contributed by atoms with Gasteiger partial charge in [0.25, 0.3) is 0 Å². The van der Waals surface area contributed by atoms with Crippen molar-refractivity contribution in [2.45, 2.75) is 27.4 Å². The third-order valence-corrected chi connectivity index (χ3v) is 4.08. The highest BCUT2D eigenvalue weighted by Gasteiger charge is 2.21. The molecule has 0 bridgehead atoms. The van der Waals surface area contributed by atoms with E-state index in [1.165, 1.54) is 0 Å². The molecule has 0 radical (unpaired) electrons. The summed E-state index contributed by atoms with van der Waals surface area (Å²) in [5.74, 6) is 1.47. The first-order valence-corrected chi connectivity index (χ1v) is 9.21. The van der Waals surface area contributed by atoms with Gasteiger partial charge in [-0.3, -0.25) is 4.79 Å². The van der Waals surface area contributed by atoms with E-state index >= 15 is 0 Å². The SMILES string of the molecule is CC(C)(C)C(=O)Nc1ccc(Nc2ccc(OCc3ccccc3)cc2)nc1. The summed E-state index contributed by atoms with van der Waals surface area (Å²) in [4.78, 5) is 16.4. The Morgan fingerprint density at radius 1 is 0.929 bits per heavy atom. The average Bonchev–Trinajstić information content (AvgIpc) is 2.69. The number of nitrogens with one attached hydrogen (secondary N) is 2. The van der Waals surface area contributed by atoms with E-state index in [4.69, 9.17) is 4.74 Å². The fraction of sp³-hybridized carbons (Fsp3) is 0.217. The van der Waals surface area contributed by atoms with Crippen LogP contribution in [0, 0.1) is 5.41 Å². The zero-order chi connectivity index (χ0) is 20.0. The van der Waals surface area contributed by atoms with Gasteiger partial charge < -0.3 is 15.4 Å². The van der Waals surface area contributed by atoms with Crippen molar-refractivity contribution in [1.29, 1.82) is 0 Å². The molecule has 3 rings (SSSR count).